The second kappa shape index (κ2) is 4.95. The number of alkyl halides is 3. The molecule has 0 amide bonds. The predicted molar refractivity (Wildman–Crippen MR) is 72.9 cm³/mol. The molecule has 3 rings (SSSR count). The Kier molecular flexibility index (Phi) is 3.40. The van der Waals surface area contributed by atoms with Crippen molar-refractivity contribution in [2.45, 2.75) is 37.4 Å². The van der Waals surface area contributed by atoms with E-state index < -0.39 is 11.7 Å². The van der Waals surface area contributed by atoms with Crippen LogP contribution in [0.25, 0.3) is 0 Å². The molecule has 0 aliphatic carbocycles. The number of fused-ring (bicyclic) bond motifs is 1. The highest BCUT2D eigenvalue weighted by molar-refractivity contribution is 5.62. The van der Waals surface area contributed by atoms with Crippen LogP contribution in [0.4, 0.5) is 18.9 Å². The lowest BCUT2D eigenvalue weighted by Gasteiger charge is -2.35. The van der Waals surface area contributed by atoms with Crippen LogP contribution in [0.5, 0.6) is 0 Å². The Morgan fingerprint density at radius 3 is 2.70 bits per heavy atom. The quantitative estimate of drug-likeness (QED) is 0.846. The van der Waals surface area contributed by atoms with Gasteiger partial charge in [-0.3, -0.25) is 0 Å². The summed E-state index contributed by atoms with van der Waals surface area (Å²) in [7, 11) is 2.08. The van der Waals surface area contributed by atoms with Crippen LogP contribution in [-0.4, -0.2) is 31.1 Å². The van der Waals surface area contributed by atoms with Gasteiger partial charge in [-0.15, -0.1) is 0 Å². The summed E-state index contributed by atoms with van der Waals surface area (Å²) in [5.74, 6) is 0.209. The molecule has 2 heterocycles. The maximum Gasteiger partial charge on any atom is 0.418 e. The van der Waals surface area contributed by atoms with Gasteiger partial charge >= 0.3 is 6.18 Å². The van der Waals surface area contributed by atoms with E-state index >= 15 is 0 Å². The van der Waals surface area contributed by atoms with E-state index in [2.05, 4.69) is 17.3 Å². The Balaban J connectivity index is 2.01. The number of nitrogens with zero attached hydrogens (tertiary/aromatic N) is 1. The van der Waals surface area contributed by atoms with Crippen LogP contribution < -0.4 is 5.32 Å². The van der Waals surface area contributed by atoms with Crippen molar-refractivity contribution in [2.24, 2.45) is 0 Å². The smallest absolute Gasteiger partial charge is 0.384 e. The van der Waals surface area contributed by atoms with Gasteiger partial charge in [0.25, 0.3) is 0 Å². The summed E-state index contributed by atoms with van der Waals surface area (Å²) in [5.41, 5.74) is 0.613. The molecule has 2 aliphatic rings. The number of hydrogen-bond donors (Lipinski definition) is 1. The molecule has 2 unspecified atom stereocenters. The first-order chi connectivity index (χ1) is 9.48. The number of nitrogens with one attached hydrogen (secondary N) is 1. The van der Waals surface area contributed by atoms with Crippen LogP contribution in [0, 0.1) is 0 Å². The summed E-state index contributed by atoms with van der Waals surface area (Å²) in [6.45, 7) is 1.66. The summed E-state index contributed by atoms with van der Waals surface area (Å²) in [6.07, 6.45) is -1.17. The molecule has 1 saturated heterocycles. The van der Waals surface area contributed by atoms with E-state index in [9.17, 15) is 13.2 Å². The normalized spacial score (nSPS) is 27.2. The molecule has 2 nitrogen and oxygen atoms in total. The fourth-order valence-electron chi connectivity index (χ4n) is 3.66. The predicted octanol–water partition coefficient (Wildman–Crippen LogP) is 3.70. The van der Waals surface area contributed by atoms with E-state index in [1.807, 2.05) is 6.07 Å². The van der Waals surface area contributed by atoms with Crippen LogP contribution in [0.2, 0.25) is 0 Å². The third-order valence-corrected chi connectivity index (χ3v) is 4.60. The fourth-order valence-corrected chi connectivity index (χ4v) is 3.66. The van der Waals surface area contributed by atoms with Crippen molar-refractivity contribution in [2.75, 3.05) is 25.5 Å². The SMILES string of the molecule is CN1CCCC1C1CCNc2c1cccc2C(F)(F)F. The standard InChI is InChI=1S/C15H19F3N2/c1-20-9-3-6-13(20)10-7-8-19-14-11(10)4-2-5-12(14)15(16,17)18/h2,4-5,10,13,19H,3,6-9H2,1H3. The molecule has 0 bridgehead atoms. The highest BCUT2D eigenvalue weighted by Gasteiger charge is 2.39. The molecule has 0 radical (unpaired) electrons. The summed E-state index contributed by atoms with van der Waals surface area (Å²) >= 11 is 0. The number of rotatable bonds is 1. The molecule has 20 heavy (non-hydrogen) atoms. The summed E-state index contributed by atoms with van der Waals surface area (Å²) < 4.78 is 39.3. The van der Waals surface area contributed by atoms with E-state index in [0.29, 0.717) is 18.3 Å². The zero-order valence-corrected chi connectivity index (χ0v) is 11.5. The number of benzene rings is 1. The van der Waals surface area contributed by atoms with Gasteiger partial charge in [0.2, 0.25) is 0 Å². The second-order valence-electron chi connectivity index (χ2n) is 5.78. The van der Waals surface area contributed by atoms with E-state index in [0.717, 1.165) is 31.4 Å². The molecule has 5 heteroatoms. The minimum Gasteiger partial charge on any atom is -0.384 e. The molecule has 2 atom stereocenters. The maximum absolute atomic E-state index is 13.1. The number of likely N-dealkylation sites (N-methyl/N-ethyl adjacent to an activating group) is 1. The van der Waals surface area contributed by atoms with Gasteiger partial charge in [-0.25, -0.2) is 0 Å². The van der Waals surface area contributed by atoms with Crippen LogP contribution >= 0.6 is 0 Å². The van der Waals surface area contributed by atoms with E-state index in [-0.39, 0.29) is 5.92 Å². The molecule has 1 aromatic rings. The second-order valence-corrected chi connectivity index (χ2v) is 5.78. The molecule has 1 fully saturated rings. The first kappa shape index (κ1) is 13.7. The number of para-hydroxylation sites is 1. The van der Waals surface area contributed by atoms with Crippen molar-refractivity contribution in [3.63, 3.8) is 0 Å². The van der Waals surface area contributed by atoms with Crippen molar-refractivity contribution in [3.05, 3.63) is 29.3 Å². The molecule has 1 aromatic carbocycles. The van der Waals surface area contributed by atoms with Crippen molar-refractivity contribution in [1.82, 2.24) is 4.90 Å². The molecule has 1 N–H and O–H groups in total. The van der Waals surface area contributed by atoms with Crippen LogP contribution in [0.3, 0.4) is 0 Å². The molecule has 110 valence electrons. The number of hydrogen-bond acceptors (Lipinski definition) is 2. The van der Waals surface area contributed by atoms with Crippen LogP contribution in [0.15, 0.2) is 18.2 Å². The first-order valence-corrected chi connectivity index (χ1v) is 7.12. The average molecular weight is 284 g/mol. The Labute approximate surface area is 117 Å². The minimum atomic E-state index is -4.29. The van der Waals surface area contributed by atoms with Gasteiger partial charge in [0, 0.05) is 24.2 Å². The van der Waals surface area contributed by atoms with Gasteiger partial charge in [0.1, 0.15) is 0 Å². The van der Waals surface area contributed by atoms with Gasteiger partial charge in [0.05, 0.1) is 5.56 Å². The summed E-state index contributed by atoms with van der Waals surface area (Å²) in [6, 6.07) is 4.94. The van der Waals surface area contributed by atoms with Crippen molar-refractivity contribution in [1.29, 1.82) is 0 Å². The largest absolute Gasteiger partial charge is 0.418 e. The zero-order chi connectivity index (χ0) is 14.3. The van der Waals surface area contributed by atoms with Crippen LogP contribution in [-0.2, 0) is 6.18 Å². The van der Waals surface area contributed by atoms with Crippen molar-refractivity contribution in [3.8, 4) is 0 Å². The molecular formula is C15H19F3N2. The van der Waals surface area contributed by atoms with E-state index in [4.69, 9.17) is 0 Å². The van der Waals surface area contributed by atoms with Crippen molar-refractivity contribution >= 4 is 5.69 Å². The van der Waals surface area contributed by atoms with Crippen molar-refractivity contribution < 1.29 is 13.2 Å². The van der Waals surface area contributed by atoms with E-state index in [1.165, 1.54) is 12.1 Å². The topological polar surface area (TPSA) is 15.3 Å². The van der Waals surface area contributed by atoms with Gasteiger partial charge in [-0.05, 0) is 44.5 Å². The van der Waals surface area contributed by atoms with E-state index in [1.54, 1.807) is 0 Å². The highest BCUT2D eigenvalue weighted by atomic mass is 19.4. The van der Waals surface area contributed by atoms with Gasteiger partial charge in [-0.1, -0.05) is 12.1 Å². The van der Waals surface area contributed by atoms with Gasteiger partial charge in [0.15, 0.2) is 0 Å². The Morgan fingerprint density at radius 1 is 1.25 bits per heavy atom. The molecule has 2 aliphatic heterocycles. The first-order valence-electron chi connectivity index (χ1n) is 7.12. The number of anilines is 1. The fraction of sp³-hybridized carbons (Fsp3) is 0.600. The molecule has 0 spiro atoms. The number of halogens is 3. The lowest BCUT2D eigenvalue weighted by atomic mass is 9.82. The third kappa shape index (κ3) is 2.28. The highest BCUT2D eigenvalue weighted by Crippen LogP contribution is 2.44. The van der Waals surface area contributed by atoms with Crippen LogP contribution in [0.1, 0.15) is 36.3 Å². The summed E-state index contributed by atoms with van der Waals surface area (Å²) in [4.78, 5) is 2.29. The minimum absolute atomic E-state index is 0.209. The Hall–Kier alpha value is -1.23. The molecular weight excluding hydrogens is 265 g/mol. The van der Waals surface area contributed by atoms with Gasteiger partial charge < -0.3 is 10.2 Å². The zero-order valence-electron chi connectivity index (χ0n) is 11.5. The molecule has 0 saturated carbocycles. The lowest BCUT2D eigenvalue weighted by Crippen LogP contribution is -2.35. The summed E-state index contributed by atoms with van der Waals surface area (Å²) in [5, 5.41) is 2.97. The Bertz CT molecular complexity index is 498. The maximum atomic E-state index is 13.1. The van der Waals surface area contributed by atoms with Gasteiger partial charge in [-0.2, -0.15) is 13.2 Å². The number of likely N-dealkylation sites (tertiary alicyclic amines) is 1. The lowest BCUT2D eigenvalue weighted by molar-refractivity contribution is -0.137. The average Bonchev–Trinajstić information content (AvgIpc) is 2.82. The third-order valence-electron chi connectivity index (χ3n) is 4.60. The monoisotopic (exact) mass is 284 g/mol. The Morgan fingerprint density at radius 2 is 2.05 bits per heavy atom. The molecule has 0 aromatic heterocycles.